The molecule has 0 aromatic rings. The minimum Gasteiger partial charge on any atom is -0.396 e. The number of aliphatic hydroxyl groups excluding tert-OH is 1. The molecule has 1 atom stereocenters. The smallest absolute Gasteiger partial charge is 0.169 e. The van der Waals surface area contributed by atoms with Crippen molar-refractivity contribution in [3.63, 3.8) is 0 Å². The van der Waals surface area contributed by atoms with Gasteiger partial charge in [0, 0.05) is 33.9 Å². The highest BCUT2D eigenvalue weighted by atomic mass is 16.7. The minimum absolute atomic E-state index is 0.146. The van der Waals surface area contributed by atoms with Crippen LogP contribution in [0.3, 0.4) is 0 Å². The zero-order valence-corrected chi connectivity index (χ0v) is 9.11. The zero-order chi connectivity index (χ0) is 10.4. The summed E-state index contributed by atoms with van der Waals surface area (Å²) in [6.07, 6.45) is 2.15. The van der Waals surface area contributed by atoms with Crippen LogP contribution in [0.25, 0.3) is 0 Å². The van der Waals surface area contributed by atoms with E-state index in [0.717, 1.165) is 32.5 Å². The molecule has 0 aromatic heterocycles. The Hall–Kier alpha value is -0.160. The zero-order valence-electron chi connectivity index (χ0n) is 9.11. The first-order chi connectivity index (χ1) is 6.80. The third-order valence-corrected chi connectivity index (χ3v) is 2.79. The average Bonchev–Trinajstić information content (AvgIpc) is 2.26. The van der Waals surface area contributed by atoms with Crippen LogP contribution in [0, 0.1) is 5.92 Å². The summed E-state index contributed by atoms with van der Waals surface area (Å²) in [6.45, 7) is 3.13. The molecule has 4 heteroatoms. The van der Waals surface area contributed by atoms with Crippen molar-refractivity contribution in [3.8, 4) is 0 Å². The fraction of sp³-hybridized carbons (Fsp3) is 1.00. The standard InChI is InChI=1S/C10H21NO3/c1-13-10(14-2)7-11-5-3-4-9(6-11)8-12/h9-10,12H,3-8H2,1-2H3. The van der Waals surface area contributed by atoms with E-state index < -0.39 is 0 Å². The Kier molecular flexibility index (Phi) is 5.40. The predicted octanol–water partition coefficient (Wildman–Crippen LogP) is 0.310. The van der Waals surface area contributed by atoms with Crippen LogP contribution in [0.5, 0.6) is 0 Å². The third kappa shape index (κ3) is 3.53. The predicted molar refractivity (Wildman–Crippen MR) is 54.1 cm³/mol. The van der Waals surface area contributed by atoms with Crippen molar-refractivity contribution in [2.75, 3.05) is 40.5 Å². The normalized spacial score (nSPS) is 24.4. The van der Waals surface area contributed by atoms with Gasteiger partial charge in [-0.05, 0) is 25.3 Å². The molecule has 0 aromatic carbocycles. The van der Waals surface area contributed by atoms with Gasteiger partial charge in [-0.1, -0.05) is 0 Å². The molecular weight excluding hydrogens is 182 g/mol. The number of hydrogen-bond acceptors (Lipinski definition) is 4. The molecule has 0 aliphatic carbocycles. The fourth-order valence-corrected chi connectivity index (χ4v) is 1.92. The molecule has 1 aliphatic rings. The summed E-state index contributed by atoms with van der Waals surface area (Å²) < 4.78 is 10.3. The molecule has 1 heterocycles. The van der Waals surface area contributed by atoms with Crippen LogP contribution in [0.4, 0.5) is 0 Å². The van der Waals surface area contributed by atoms with E-state index in [-0.39, 0.29) is 6.29 Å². The summed E-state index contributed by atoms with van der Waals surface area (Å²) in [4.78, 5) is 2.29. The maximum absolute atomic E-state index is 9.07. The van der Waals surface area contributed by atoms with Crippen molar-refractivity contribution in [1.82, 2.24) is 4.90 Å². The maximum Gasteiger partial charge on any atom is 0.169 e. The molecule has 1 unspecified atom stereocenters. The molecule has 84 valence electrons. The Balaban J connectivity index is 2.29. The van der Waals surface area contributed by atoms with Gasteiger partial charge in [0.2, 0.25) is 0 Å². The van der Waals surface area contributed by atoms with Gasteiger partial charge in [0.15, 0.2) is 6.29 Å². The summed E-state index contributed by atoms with van der Waals surface area (Å²) in [6, 6.07) is 0. The van der Waals surface area contributed by atoms with Gasteiger partial charge < -0.3 is 14.6 Å². The number of ether oxygens (including phenoxy) is 2. The molecule has 0 amide bonds. The Bertz CT molecular complexity index is 150. The molecule has 14 heavy (non-hydrogen) atoms. The summed E-state index contributed by atoms with van der Waals surface area (Å²) in [5, 5.41) is 9.07. The van der Waals surface area contributed by atoms with Gasteiger partial charge >= 0.3 is 0 Å². The lowest BCUT2D eigenvalue weighted by Crippen LogP contribution is -2.42. The monoisotopic (exact) mass is 203 g/mol. The highest BCUT2D eigenvalue weighted by molar-refractivity contribution is 4.72. The van der Waals surface area contributed by atoms with Crippen molar-refractivity contribution >= 4 is 0 Å². The van der Waals surface area contributed by atoms with Crippen LogP contribution in [0.15, 0.2) is 0 Å². The fourth-order valence-electron chi connectivity index (χ4n) is 1.92. The summed E-state index contributed by atoms with van der Waals surface area (Å²) >= 11 is 0. The van der Waals surface area contributed by atoms with Crippen molar-refractivity contribution in [3.05, 3.63) is 0 Å². The SMILES string of the molecule is COC(CN1CCCC(CO)C1)OC. The number of piperidine rings is 1. The van der Waals surface area contributed by atoms with E-state index in [2.05, 4.69) is 4.90 Å². The Labute approximate surface area is 85.8 Å². The molecule has 1 aliphatic heterocycles. The lowest BCUT2D eigenvalue weighted by atomic mass is 9.99. The van der Waals surface area contributed by atoms with Crippen molar-refractivity contribution in [2.45, 2.75) is 19.1 Å². The van der Waals surface area contributed by atoms with Gasteiger partial charge in [0.1, 0.15) is 0 Å². The second kappa shape index (κ2) is 6.35. The molecule has 0 spiro atoms. The van der Waals surface area contributed by atoms with Crippen LogP contribution in [0.2, 0.25) is 0 Å². The topological polar surface area (TPSA) is 41.9 Å². The third-order valence-electron chi connectivity index (χ3n) is 2.79. The van der Waals surface area contributed by atoms with E-state index >= 15 is 0 Å². The molecule has 0 saturated carbocycles. The summed E-state index contributed by atoms with van der Waals surface area (Å²) in [5.41, 5.74) is 0. The number of rotatable bonds is 5. The van der Waals surface area contributed by atoms with Crippen molar-refractivity contribution in [2.24, 2.45) is 5.92 Å². The van der Waals surface area contributed by atoms with Gasteiger partial charge in [-0.25, -0.2) is 0 Å². The van der Waals surface area contributed by atoms with Crippen LogP contribution in [0.1, 0.15) is 12.8 Å². The van der Waals surface area contributed by atoms with E-state index in [9.17, 15) is 0 Å². The molecule has 0 radical (unpaired) electrons. The first-order valence-corrected chi connectivity index (χ1v) is 5.19. The van der Waals surface area contributed by atoms with Crippen molar-refractivity contribution < 1.29 is 14.6 Å². The van der Waals surface area contributed by atoms with E-state index in [1.165, 1.54) is 0 Å². The Morgan fingerprint density at radius 2 is 2.14 bits per heavy atom. The minimum atomic E-state index is -0.146. The van der Waals surface area contributed by atoms with E-state index in [1.54, 1.807) is 14.2 Å². The van der Waals surface area contributed by atoms with Crippen LogP contribution in [-0.2, 0) is 9.47 Å². The quantitative estimate of drug-likeness (QED) is 0.653. The van der Waals surface area contributed by atoms with Crippen LogP contribution < -0.4 is 0 Å². The number of likely N-dealkylation sites (tertiary alicyclic amines) is 1. The molecule has 0 bridgehead atoms. The molecule has 1 N–H and O–H groups in total. The van der Waals surface area contributed by atoms with Gasteiger partial charge in [0.05, 0.1) is 0 Å². The molecule has 1 rings (SSSR count). The number of hydrogen-bond donors (Lipinski definition) is 1. The Morgan fingerprint density at radius 1 is 1.43 bits per heavy atom. The molecule has 1 fully saturated rings. The van der Waals surface area contributed by atoms with Gasteiger partial charge in [-0.3, -0.25) is 4.90 Å². The molecular formula is C10H21NO3. The largest absolute Gasteiger partial charge is 0.396 e. The average molecular weight is 203 g/mol. The van der Waals surface area contributed by atoms with Gasteiger partial charge in [-0.15, -0.1) is 0 Å². The molecule has 1 saturated heterocycles. The molecule has 4 nitrogen and oxygen atoms in total. The summed E-state index contributed by atoms with van der Waals surface area (Å²) in [5.74, 6) is 0.429. The highest BCUT2D eigenvalue weighted by Crippen LogP contribution is 2.16. The second-order valence-corrected chi connectivity index (χ2v) is 3.85. The van der Waals surface area contributed by atoms with E-state index in [0.29, 0.717) is 12.5 Å². The second-order valence-electron chi connectivity index (χ2n) is 3.85. The van der Waals surface area contributed by atoms with Crippen LogP contribution in [-0.4, -0.2) is 56.8 Å². The lowest BCUT2D eigenvalue weighted by Gasteiger charge is -2.33. The van der Waals surface area contributed by atoms with E-state index in [1.807, 2.05) is 0 Å². The first-order valence-electron chi connectivity index (χ1n) is 5.19. The first kappa shape index (κ1) is 11.9. The highest BCUT2D eigenvalue weighted by Gasteiger charge is 2.21. The lowest BCUT2D eigenvalue weighted by molar-refractivity contribution is -0.120. The van der Waals surface area contributed by atoms with Crippen LogP contribution >= 0.6 is 0 Å². The van der Waals surface area contributed by atoms with Gasteiger partial charge in [0.25, 0.3) is 0 Å². The number of aliphatic hydroxyl groups is 1. The van der Waals surface area contributed by atoms with E-state index in [4.69, 9.17) is 14.6 Å². The summed E-state index contributed by atoms with van der Waals surface area (Å²) in [7, 11) is 3.31. The number of methoxy groups -OCH3 is 2. The number of nitrogens with zero attached hydrogens (tertiary/aromatic N) is 1. The van der Waals surface area contributed by atoms with Gasteiger partial charge in [-0.2, -0.15) is 0 Å². The Morgan fingerprint density at radius 3 is 2.71 bits per heavy atom. The maximum atomic E-state index is 9.07. The van der Waals surface area contributed by atoms with Crippen molar-refractivity contribution in [1.29, 1.82) is 0 Å².